The van der Waals surface area contributed by atoms with Gasteiger partial charge in [-0.2, -0.15) is 13.1 Å². The summed E-state index contributed by atoms with van der Waals surface area (Å²) >= 11 is 0. The lowest BCUT2D eigenvalue weighted by Crippen LogP contribution is -2.57. The Kier molecular flexibility index (Phi) is 17.5. The number of ether oxygens (including phenoxy) is 2. The number of likely N-dealkylation sites (N-methyl/N-ethyl adjacent to an activating group) is 1. The van der Waals surface area contributed by atoms with Crippen molar-refractivity contribution in [2.75, 3.05) is 45.6 Å². The summed E-state index contributed by atoms with van der Waals surface area (Å²) in [5.41, 5.74) is 20.9. The van der Waals surface area contributed by atoms with Gasteiger partial charge in [0.2, 0.25) is 17.7 Å². The minimum absolute atomic E-state index is 0.000350. The Balaban J connectivity index is 1.65. The Morgan fingerprint density at radius 2 is 1.57 bits per heavy atom. The van der Waals surface area contributed by atoms with Crippen molar-refractivity contribution in [2.45, 2.75) is 90.4 Å². The highest BCUT2D eigenvalue weighted by Gasteiger charge is 2.38. The van der Waals surface area contributed by atoms with Gasteiger partial charge in [-0.25, -0.2) is 19.9 Å². The predicted octanol–water partition coefficient (Wildman–Crippen LogP) is 1.19. The first-order chi connectivity index (χ1) is 32.8. The maximum Gasteiger partial charge on any atom is 0.326 e. The molecule has 0 spiro atoms. The fraction of sp³-hybridized carbons (Fsp3) is 0.426. The van der Waals surface area contributed by atoms with E-state index in [0.29, 0.717) is 24.0 Å². The number of nitrogens with zero attached hydrogens (tertiary/aromatic N) is 3. The Hall–Kier alpha value is -6.92. The Morgan fingerprint density at radius 1 is 0.914 bits per heavy atom. The summed E-state index contributed by atoms with van der Waals surface area (Å²) in [6, 6.07) is 6.76. The topological polar surface area (TPSA) is 360 Å². The molecule has 1 aliphatic heterocycles. The van der Waals surface area contributed by atoms with Crippen LogP contribution >= 0.6 is 0 Å². The summed E-state index contributed by atoms with van der Waals surface area (Å²) in [7, 11) is -3.32. The molecule has 0 aliphatic carbocycles. The van der Waals surface area contributed by atoms with E-state index in [-0.39, 0.29) is 89.2 Å². The molecule has 22 nitrogen and oxygen atoms in total. The van der Waals surface area contributed by atoms with Gasteiger partial charge in [-0.05, 0) is 98.6 Å². The van der Waals surface area contributed by atoms with E-state index in [1.54, 1.807) is 18.2 Å². The molecule has 4 bridgehead atoms. The fourth-order valence-electron chi connectivity index (χ4n) is 7.70. The molecule has 3 aromatic carbocycles. The van der Waals surface area contributed by atoms with Gasteiger partial charge in [0.15, 0.2) is 17.3 Å². The van der Waals surface area contributed by atoms with Crippen LogP contribution in [0.4, 0.5) is 5.82 Å². The van der Waals surface area contributed by atoms with Gasteiger partial charge < -0.3 is 57.7 Å². The number of benzene rings is 3. The zero-order valence-corrected chi connectivity index (χ0v) is 41.0. The van der Waals surface area contributed by atoms with Gasteiger partial charge >= 0.3 is 5.97 Å². The molecule has 23 heteroatoms. The van der Waals surface area contributed by atoms with Crippen LogP contribution in [0, 0.1) is 13.8 Å². The Bertz CT molecular complexity index is 2720. The highest BCUT2D eigenvalue weighted by Crippen LogP contribution is 2.45. The largest absolute Gasteiger partial charge is 0.504 e. The van der Waals surface area contributed by atoms with Crippen molar-refractivity contribution in [3.8, 4) is 39.8 Å². The van der Waals surface area contributed by atoms with Gasteiger partial charge in [0, 0.05) is 36.7 Å². The zero-order valence-electron chi connectivity index (χ0n) is 40.2. The van der Waals surface area contributed by atoms with Crippen molar-refractivity contribution >= 4 is 45.6 Å². The first-order valence-corrected chi connectivity index (χ1v) is 24.0. The Labute approximate surface area is 406 Å². The van der Waals surface area contributed by atoms with Crippen molar-refractivity contribution < 1.29 is 52.1 Å². The highest BCUT2D eigenvalue weighted by molar-refractivity contribution is 7.87. The summed E-state index contributed by atoms with van der Waals surface area (Å²) in [5, 5.41) is 34.8. The van der Waals surface area contributed by atoms with Crippen molar-refractivity contribution in [2.24, 2.45) is 16.6 Å². The van der Waals surface area contributed by atoms with E-state index in [9.17, 15) is 42.6 Å². The van der Waals surface area contributed by atoms with Crippen molar-refractivity contribution in [1.29, 1.82) is 0 Å². The van der Waals surface area contributed by atoms with Crippen molar-refractivity contribution in [3.63, 3.8) is 0 Å². The first-order valence-electron chi connectivity index (χ1n) is 22.4. The number of fused-ring (bicyclic) bond motifs is 5. The van der Waals surface area contributed by atoms with E-state index >= 15 is 0 Å². The third kappa shape index (κ3) is 13.2. The predicted molar refractivity (Wildman–Crippen MR) is 261 cm³/mol. The zero-order chi connectivity index (χ0) is 51.8. The number of aryl methyl sites for hydroxylation is 2. The molecule has 0 saturated heterocycles. The van der Waals surface area contributed by atoms with Crippen LogP contribution in [0.25, 0.3) is 22.5 Å². The van der Waals surface area contributed by atoms with Crippen LogP contribution in [0.15, 0.2) is 48.5 Å². The molecule has 4 atom stereocenters. The van der Waals surface area contributed by atoms with Gasteiger partial charge in [0.25, 0.3) is 16.1 Å². The molecule has 1 aliphatic rings. The third-order valence-electron chi connectivity index (χ3n) is 11.5. The second-order valence-corrected chi connectivity index (χ2v) is 19.4. The monoisotopic (exact) mass is 989 g/mol. The lowest BCUT2D eigenvalue weighted by Gasteiger charge is -2.33. The van der Waals surface area contributed by atoms with Crippen LogP contribution in [-0.2, 0) is 41.2 Å². The molecular weight excluding hydrogens is 927 g/mol. The summed E-state index contributed by atoms with van der Waals surface area (Å²) in [6.45, 7) is 10.8. The average molecular weight is 990 g/mol. The molecule has 378 valence electrons. The first kappa shape index (κ1) is 54.0. The highest BCUT2D eigenvalue weighted by atomic mass is 32.2. The quantitative estimate of drug-likeness (QED) is 0.0664. The van der Waals surface area contributed by atoms with E-state index in [0.717, 1.165) is 16.0 Å². The van der Waals surface area contributed by atoms with Crippen LogP contribution in [0.1, 0.15) is 84.9 Å². The number of anilines is 1. The number of carboxylic acids is 1. The van der Waals surface area contributed by atoms with E-state index in [1.165, 1.54) is 33.0 Å². The van der Waals surface area contributed by atoms with Crippen LogP contribution in [-0.4, -0.2) is 121 Å². The molecule has 0 saturated carbocycles. The van der Waals surface area contributed by atoms with E-state index in [1.807, 2.05) is 29.8 Å². The number of nitrogens with two attached hydrogens (primary N) is 4. The van der Waals surface area contributed by atoms with E-state index in [4.69, 9.17) is 31.8 Å². The van der Waals surface area contributed by atoms with Crippen molar-refractivity contribution in [1.82, 2.24) is 35.5 Å². The Morgan fingerprint density at radius 3 is 2.16 bits per heavy atom. The normalized spacial score (nSPS) is 16.8. The molecule has 14 N–H and O–H groups in total. The minimum Gasteiger partial charge on any atom is -0.504 e. The lowest BCUT2D eigenvalue weighted by molar-refractivity contribution is -0.143. The number of carbonyl (C=O) groups excluding carboxylic acids is 4. The second kappa shape index (κ2) is 22.7. The molecule has 0 unspecified atom stereocenters. The number of phenols is 1. The van der Waals surface area contributed by atoms with E-state index in [2.05, 4.69) is 46.7 Å². The van der Waals surface area contributed by atoms with Crippen LogP contribution < -0.4 is 52.5 Å². The number of nitrogen functional groups attached to an aromatic ring is 1. The number of hydrogen-bond donors (Lipinski definition) is 10. The molecule has 4 amide bonds. The van der Waals surface area contributed by atoms with Gasteiger partial charge in [-0.1, -0.05) is 45.0 Å². The molecule has 5 rings (SSSR count). The number of hydrogen-bond acceptors (Lipinski definition) is 15. The molecular formula is C47H63N11O11S. The van der Waals surface area contributed by atoms with Gasteiger partial charge in [0.1, 0.15) is 41.3 Å². The second-order valence-electron chi connectivity index (χ2n) is 18.0. The van der Waals surface area contributed by atoms with E-state index < -0.39 is 76.3 Å². The number of rotatable bonds is 17. The number of carboxylic acid groups (broad SMARTS) is 1. The summed E-state index contributed by atoms with van der Waals surface area (Å²) in [4.78, 5) is 79.7. The van der Waals surface area contributed by atoms with Crippen LogP contribution in [0.5, 0.6) is 17.2 Å². The van der Waals surface area contributed by atoms with Crippen LogP contribution in [0.2, 0.25) is 0 Å². The number of phenolic OH excluding ortho intramolecular Hbond substituents is 1. The number of amides is 4. The maximum atomic E-state index is 14.9. The number of aromatic hydroxyl groups is 1. The summed E-state index contributed by atoms with van der Waals surface area (Å²) < 4.78 is 38.7. The SMILES string of the molecule is Cc1cc(C(C)(C)C)ccc1-c1nc(C)c(C(=O)N[C@@H](CNS(N)(=O)=O)C(=O)N(C)[C@@H]2C(=O)N[C@@H](C)C(=O)N[C@H](C(=O)O)Cc3ccc(OCCCN)c(c3)-c3cc2cc(OCCCN)c3O)c(N)n1. The molecule has 1 aromatic heterocycles. The molecule has 0 radical (unpaired) electrons. The minimum atomic E-state index is -4.50. The summed E-state index contributed by atoms with van der Waals surface area (Å²) in [5.74, 6) is -5.69. The molecule has 4 aromatic rings. The molecule has 70 heavy (non-hydrogen) atoms. The van der Waals surface area contributed by atoms with Crippen LogP contribution in [0.3, 0.4) is 0 Å². The number of aromatic nitrogens is 2. The van der Waals surface area contributed by atoms with Crippen molar-refractivity contribution in [3.05, 3.63) is 82.0 Å². The molecule has 0 fully saturated rings. The third-order valence-corrected chi connectivity index (χ3v) is 12.1. The van der Waals surface area contributed by atoms with Gasteiger partial charge in [-0.15, -0.1) is 0 Å². The maximum absolute atomic E-state index is 14.9. The smallest absolute Gasteiger partial charge is 0.326 e. The fourth-order valence-corrected chi connectivity index (χ4v) is 8.09. The molecule has 2 heterocycles. The standard InChI is InChI=1S/C47H63N11O11S/c1-24-18-29(47(4,5)6)11-12-30(24)41-53-25(2)37(40(50)57-41)43(61)56-34(23-52-70(51,66)67)45(63)58(7)38-28-21-32(39(59)36(22-28)69-17-9-15-49)31-19-27(10-13-35(31)68-16-8-14-48)20-33(46(64)65)55-42(60)26(3)54-44(38)62/h10-13,18-19,21-22,26,33-34,38,52,59H,8-9,14-17,20,23,48-49H2,1-7H3,(H,54,62)(H,55,60)(H,56,61)(H,64,65)(H2,50,53,57)(H2,51,66,67)/t26-,33-,34-,38-/m0/s1. The number of aliphatic carboxylic acids is 1. The lowest BCUT2D eigenvalue weighted by atomic mass is 9.85. The van der Waals surface area contributed by atoms with Gasteiger partial charge in [-0.3, -0.25) is 19.2 Å². The summed E-state index contributed by atoms with van der Waals surface area (Å²) in [6.07, 6.45) is 0.563. The average Bonchev–Trinajstić information content (AvgIpc) is 3.27. The number of nitrogens with one attached hydrogen (secondary N) is 4. The van der Waals surface area contributed by atoms with Gasteiger partial charge in [0.05, 0.1) is 18.9 Å². The number of carbonyl (C=O) groups is 5.